The molecule has 1 aliphatic rings. The van der Waals surface area contributed by atoms with Crippen LogP contribution < -0.4 is 20.1 Å². The van der Waals surface area contributed by atoms with E-state index in [1.807, 2.05) is 62.4 Å². The Morgan fingerprint density at radius 3 is 2.58 bits per heavy atom. The van der Waals surface area contributed by atoms with Crippen molar-refractivity contribution in [2.24, 2.45) is 0 Å². The number of ether oxygens (including phenoxy) is 2. The summed E-state index contributed by atoms with van der Waals surface area (Å²) in [4.78, 5) is 17.8. The molecule has 0 aliphatic carbocycles. The second-order valence-electron chi connectivity index (χ2n) is 8.82. The highest BCUT2D eigenvalue weighted by molar-refractivity contribution is 5.96. The number of carbonyl (C=O) groups excluding carboxylic acids is 1. The molecule has 8 nitrogen and oxygen atoms in total. The van der Waals surface area contributed by atoms with Gasteiger partial charge < -0.3 is 20.1 Å². The lowest BCUT2D eigenvalue weighted by atomic mass is 9.94. The Morgan fingerprint density at radius 2 is 1.82 bits per heavy atom. The highest BCUT2D eigenvalue weighted by Gasteiger charge is 2.34. The van der Waals surface area contributed by atoms with Gasteiger partial charge in [0.25, 0.3) is 5.91 Å². The number of anilines is 1. The number of carbonyl (C=O) groups is 1. The van der Waals surface area contributed by atoms with E-state index in [0.29, 0.717) is 41.9 Å². The smallest absolute Gasteiger partial charge is 0.251 e. The molecule has 5 rings (SSSR count). The summed E-state index contributed by atoms with van der Waals surface area (Å²) in [5, 5.41) is 10.6. The van der Waals surface area contributed by atoms with Crippen LogP contribution in [0.3, 0.4) is 0 Å². The topological polar surface area (TPSA) is 90.3 Å². The molecule has 0 radical (unpaired) electrons. The van der Waals surface area contributed by atoms with Crippen LogP contribution in [0.25, 0.3) is 0 Å². The van der Waals surface area contributed by atoms with E-state index in [2.05, 4.69) is 20.7 Å². The molecule has 0 unspecified atom stereocenters. The summed E-state index contributed by atoms with van der Waals surface area (Å²) >= 11 is 0. The van der Waals surface area contributed by atoms with Gasteiger partial charge in [-0.05, 0) is 54.8 Å². The lowest BCUT2D eigenvalue weighted by Gasteiger charge is -2.29. The fourth-order valence-corrected chi connectivity index (χ4v) is 4.39. The molecule has 0 fully saturated rings. The van der Waals surface area contributed by atoms with Crippen molar-refractivity contribution in [3.05, 3.63) is 113 Å². The van der Waals surface area contributed by atoms with Crippen LogP contribution in [0.2, 0.25) is 0 Å². The van der Waals surface area contributed by atoms with Crippen molar-refractivity contribution in [3.8, 4) is 11.5 Å². The van der Waals surface area contributed by atoms with Crippen LogP contribution in [0.5, 0.6) is 11.5 Å². The van der Waals surface area contributed by atoms with Gasteiger partial charge in [-0.15, -0.1) is 0 Å². The van der Waals surface area contributed by atoms with E-state index in [9.17, 15) is 9.18 Å². The Bertz CT molecular complexity index is 1450. The third-order valence-electron chi connectivity index (χ3n) is 6.23. The Morgan fingerprint density at radius 1 is 1.03 bits per heavy atom. The molecular formula is C29H28FN5O3. The van der Waals surface area contributed by atoms with E-state index < -0.39 is 6.04 Å². The van der Waals surface area contributed by atoms with Crippen LogP contribution in [0.15, 0.2) is 90.4 Å². The molecule has 0 saturated carbocycles. The minimum Gasteiger partial charge on any atom is -0.490 e. The number of fused-ring (bicyclic) bond motifs is 1. The lowest BCUT2D eigenvalue weighted by Crippen LogP contribution is -2.34. The molecule has 1 atom stereocenters. The fourth-order valence-electron chi connectivity index (χ4n) is 4.39. The predicted octanol–water partition coefficient (Wildman–Crippen LogP) is 5.00. The van der Waals surface area contributed by atoms with Crippen LogP contribution in [-0.2, 0) is 17.9 Å². The number of nitrogens with zero attached hydrogens (tertiary/aromatic N) is 3. The molecule has 3 aromatic carbocycles. The molecule has 0 saturated heterocycles. The Balaban J connectivity index is 1.44. The van der Waals surface area contributed by atoms with Gasteiger partial charge in [0.15, 0.2) is 11.5 Å². The van der Waals surface area contributed by atoms with Crippen molar-refractivity contribution in [1.82, 2.24) is 20.1 Å². The Kier molecular flexibility index (Phi) is 7.35. The molecule has 2 heterocycles. The van der Waals surface area contributed by atoms with Crippen LogP contribution >= 0.6 is 0 Å². The van der Waals surface area contributed by atoms with Gasteiger partial charge in [0.2, 0.25) is 5.95 Å². The molecule has 4 aromatic rings. The second-order valence-corrected chi connectivity index (χ2v) is 8.82. The van der Waals surface area contributed by atoms with E-state index in [4.69, 9.17) is 9.47 Å². The summed E-state index contributed by atoms with van der Waals surface area (Å²) in [5.74, 6) is 1.12. The number of allylic oxidation sites excluding steroid dienone is 1. The average Bonchev–Trinajstić information content (AvgIpc) is 3.40. The quantitative estimate of drug-likeness (QED) is 0.327. The molecule has 1 aliphatic heterocycles. The highest BCUT2D eigenvalue weighted by Crippen LogP contribution is 2.38. The van der Waals surface area contributed by atoms with Gasteiger partial charge in [-0.3, -0.25) is 4.79 Å². The first-order valence-electron chi connectivity index (χ1n) is 12.4. The largest absolute Gasteiger partial charge is 0.490 e. The van der Waals surface area contributed by atoms with Crippen molar-refractivity contribution >= 4 is 11.9 Å². The zero-order valence-electron chi connectivity index (χ0n) is 21.1. The third kappa shape index (κ3) is 5.36. The number of benzene rings is 3. The highest BCUT2D eigenvalue weighted by atomic mass is 19.1. The van der Waals surface area contributed by atoms with Crippen molar-refractivity contribution in [1.29, 1.82) is 0 Å². The maximum atomic E-state index is 13.5. The molecular weight excluding hydrogens is 485 g/mol. The van der Waals surface area contributed by atoms with Crippen molar-refractivity contribution in [2.45, 2.75) is 33.0 Å². The van der Waals surface area contributed by atoms with E-state index in [-0.39, 0.29) is 18.3 Å². The number of hydrogen-bond acceptors (Lipinski definition) is 6. The first-order chi connectivity index (χ1) is 18.5. The van der Waals surface area contributed by atoms with Crippen LogP contribution in [0, 0.1) is 5.82 Å². The van der Waals surface area contributed by atoms with Gasteiger partial charge in [-0.2, -0.15) is 10.1 Å². The lowest BCUT2D eigenvalue weighted by molar-refractivity contribution is -0.118. The summed E-state index contributed by atoms with van der Waals surface area (Å²) in [7, 11) is 0. The van der Waals surface area contributed by atoms with Gasteiger partial charge in [0.05, 0.1) is 12.2 Å². The first kappa shape index (κ1) is 25.0. The standard InChI is InChI=1S/C29H28FN5O3/c1-3-37-25-15-22(11-14-24(25)38-17-21-9-12-23(30)13-10-21)27-26(19(2)34-29-32-18-33-35(27)29)28(36)31-16-20-7-5-4-6-8-20/h4-15,18,27H,3,16-17H2,1-2H3,(H,31,36)(H,32,33,34)/t27-/m0/s1. The Labute approximate surface area is 220 Å². The summed E-state index contributed by atoms with van der Waals surface area (Å²) in [6.07, 6.45) is 1.46. The molecule has 0 bridgehead atoms. The van der Waals surface area contributed by atoms with E-state index in [1.165, 1.54) is 18.5 Å². The minimum absolute atomic E-state index is 0.209. The number of nitrogens with one attached hydrogen (secondary N) is 2. The fraction of sp³-hybridized carbons (Fsp3) is 0.207. The zero-order valence-corrected chi connectivity index (χ0v) is 21.1. The summed E-state index contributed by atoms with van der Waals surface area (Å²) in [5.41, 5.74) is 3.85. The predicted molar refractivity (Wildman–Crippen MR) is 141 cm³/mol. The van der Waals surface area contributed by atoms with Gasteiger partial charge in [0, 0.05) is 12.2 Å². The number of amides is 1. The zero-order chi connectivity index (χ0) is 26.5. The van der Waals surface area contributed by atoms with Crippen molar-refractivity contribution in [3.63, 3.8) is 0 Å². The van der Waals surface area contributed by atoms with Gasteiger partial charge in [0.1, 0.15) is 24.8 Å². The Hall–Kier alpha value is -4.66. The second kappa shape index (κ2) is 11.2. The minimum atomic E-state index is -0.533. The van der Waals surface area contributed by atoms with Gasteiger partial charge in [-0.25, -0.2) is 9.07 Å². The monoisotopic (exact) mass is 513 g/mol. The number of aromatic nitrogens is 3. The molecule has 38 heavy (non-hydrogen) atoms. The van der Waals surface area contributed by atoms with Gasteiger partial charge >= 0.3 is 0 Å². The van der Waals surface area contributed by atoms with Crippen molar-refractivity contribution in [2.75, 3.05) is 11.9 Å². The third-order valence-corrected chi connectivity index (χ3v) is 6.23. The van der Waals surface area contributed by atoms with Crippen molar-refractivity contribution < 1.29 is 18.7 Å². The number of halogens is 1. The van der Waals surface area contributed by atoms with Gasteiger partial charge in [-0.1, -0.05) is 48.5 Å². The molecule has 1 amide bonds. The number of rotatable bonds is 9. The molecule has 9 heteroatoms. The number of hydrogen-bond donors (Lipinski definition) is 2. The first-order valence-corrected chi connectivity index (χ1v) is 12.4. The van der Waals surface area contributed by atoms with E-state index in [0.717, 1.165) is 16.7 Å². The summed E-state index contributed by atoms with van der Waals surface area (Å²) in [6, 6.07) is 20.9. The van der Waals surface area contributed by atoms with Crippen LogP contribution in [0.4, 0.5) is 10.3 Å². The van der Waals surface area contributed by atoms with Crippen LogP contribution in [0.1, 0.15) is 36.6 Å². The maximum Gasteiger partial charge on any atom is 0.251 e. The van der Waals surface area contributed by atoms with E-state index in [1.54, 1.807) is 16.8 Å². The SMILES string of the molecule is CCOc1cc([C@H]2C(C(=O)NCc3ccccc3)=C(C)Nc3ncnn32)ccc1OCc1ccc(F)cc1. The normalized spacial score (nSPS) is 14.4. The maximum absolute atomic E-state index is 13.5. The molecule has 0 spiro atoms. The molecule has 2 N–H and O–H groups in total. The summed E-state index contributed by atoms with van der Waals surface area (Å²) in [6.45, 7) is 4.83. The molecule has 194 valence electrons. The van der Waals surface area contributed by atoms with Crippen LogP contribution in [-0.4, -0.2) is 27.3 Å². The molecule has 1 aromatic heterocycles. The average molecular weight is 514 g/mol. The van der Waals surface area contributed by atoms with E-state index >= 15 is 0 Å². The summed E-state index contributed by atoms with van der Waals surface area (Å²) < 4.78 is 26.9.